The van der Waals surface area contributed by atoms with Crippen LogP contribution in [0.5, 0.6) is 0 Å². The van der Waals surface area contributed by atoms with Gasteiger partial charge in [-0.15, -0.1) is 0 Å². The Kier molecular flexibility index (Phi) is 7.10. The van der Waals surface area contributed by atoms with Gasteiger partial charge < -0.3 is 5.32 Å². The van der Waals surface area contributed by atoms with Crippen molar-refractivity contribution in [1.29, 1.82) is 0 Å². The number of amides is 1. The maximum absolute atomic E-state index is 11.9. The second kappa shape index (κ2) is 8.10. The molecule has 0 spiro atoms. The number of hydrogen-bond acceptors (Lipinski definition) is 1. The van der Waals surface area contributed by atoms with Gasteiger partial charge in [-0.3, -0.25) is 4.79 Å². The zero-order valence-corrected chi connectivity index (χ0v) is 11.9. The van der Waals surface area contributed by atoms with E-state index in [-0.39, 0.29) is 0 Å². The summed E-state index contributed by atoms with van der Waals surface area (Å²) in [4.78, 5) is 11.9. The lowest BCUT2D eigenvalue weighted by atomic mass is 9.88. The molecule has 0 heterocycles. The fourth-order valence-corrected chi connectivity index (χ4v) is 3.01. The highest BCUT2D eigenvalue weighted by Gasteiger charge is 2.21. The Labute approximate surface area is 108 Å². The lowest BCUT2D eigenvalue weighted by Crippen LogP contribution is -2.35. The summed E-state index contributed by atoms with van der Waals surface area (Å²) in [7, 11) is 0. The van der Waals surface area contributed by atoms with Crippen LogP contribution in [0.4, 0.5) is 0 Å². The van der Waals surface area contributed by atoms with E-state index in [0.717, 1.165) is 37.6 Å². The molecule has 1 aliphatic carbocycles. The monoisotopic (exact) mass is 289 g/mol. The number of rotatable bonds is 6. The largest absolute Gasteiger partial charge is 0.356 e. The van der Waals surface area contributed by atoms with Crippen LogP contribution in [0.3, 0.4) is 0 Å². The molecule has 0 aromatic carbocycles. The summed E-state index contributed by atoms with van der Waals surface area (Å²) >= 11 is 3.46. The standard InChI is InChI=1S/C13H24BrNO/c1-2-11(8-9-14)10-15-13(16)12-6-4-3-5-7-12/h11-12H,2-10H2,1H3,(H,15,16). The normalized spacial score (nSPS) is 19.4. The second-order valence-corrected chi connectivity index (χ2v) is 5.63. The minimum absolute atomic E-state index is 0.299. The molecule has 1 fully saturated rings. The molecule has 1 N–H and O–H groups in total. The highest BCUT2D eigenvalue weighted by Crippen LogP contribution is 2.23. The molecule has 0 saturated heterocycles. The van der Waals surface area contributed by atoms with Gasteiger partial charge in [-0.1, -0.05) is 48.5 Å². The quantitative estimate of drug-likeness (QED) is 0.745. The van der Waals surface area contributed by atoms with Crippen LogP contribution in [0.1, 0.15) is 51.9 Å². The van der Waals surface area contributed by atoms with E-state index < -0.39 is 0 Å². The lowest BCUT2D eigenvalue weighted by molar-refractivity contribution is -0.126. The fourth-order valence-electron chi connectivity index (χ4n) is 2.36. The highest BCUT2D eigenvalue weighted by molar-refractivity contribution is 9.09. The number of alkyl halides is 1. The molecular formula is C13H24BrNO. The first-order valence-corrected chi connectivity index (χ1v) is 7.73. The van der Waals surface area contributed by atoms with Gasteiger partial charge in [0.15, 0.2) is 0 Å². The molecule has 0 aromatic rings. The summed E-state index contributed by atoms with van der Waals surface area (Å²) in [5.41, 5.74) is 0. The van der Waals surface area contributed by atoms with Gasteiger partial charge in [0, 0.05) is 17.8 Å². The number of carbonyl (C=O) groups is 1. The average Bonchev–Trinajstić information content (AvgIpc) is 2.35. The lowest BCUT2D eigenvalue weighted by Gasteiger charge is -2.22. The molecule has 1 aliphatic rings. The van der Waals surface area contributed by atoms with Crippen molar-refractivity contribution in [2.75, 3.05) is 11.9 Å². The van der Waals surface area contributed by atoms with E-state index in [1.54, 1.807) is 0 Å². The zero-order chi connectivity index (χ0) is 11.8. The van der Waals surface area contributed by atoms with Crippen molar-refractivity contribution in [3.63, 3.8) is 0 Å². The van der Waals surface area contributed by atoms with Gasteiger partial charge in [0.1, 0.15) is 0 Å². The summed E-state index contributed by atoms with van der Waals surface area (Å²) in [6, 6.07) is 0. The van der Waals surface area contributed by atoms with Gasteiger partial charge in [-0.2, -0.15) is 0 Å². The van der Waals surface area contributed by atoms with Crippen LogP contribution < -0.4 is 5.32 Å². The first-order valence-electron chi connectivity index (χ1n) is 6.61. The van der Waals surface area contributed by atoms with Crippen LogP contribution in [0.25, 0.3) is 0 Å². The van der Waals surface area contributed by atoms with Crippen LogP contribution in [0.2, 0.25) is 0 Å². The molecular weight excluding hydrogens is 266 g/mol. The van der Waals surface area contributed by atoms with Gasteiger partial charge in [0.2, 0.25) is 5.91 Å². The molecule has 0 radical (unpaired) electrons. The van der Waals surface area contributed by atoms with E-state index in [4.69, 9.17) is 0 Å². The molecule has 16 heavy (non-hydrogen) atoms. The molecule has 3 heteroatoms. The molecule has 1 amide bonds. The summed E-state index contributed by atoms with van der Waals surface area (Å²) in [6.45, 7) is 3.05. The summed E-state index contributed by atoms with van der Waals surface area (Å²) in [6.07, 6.45) is 8.28. The zero-order valence-electron chi connectivity index (χ0n) is 10.3. The SMILES string of the molecule is CCC(CCBr)CNC(=O)C1CCCCC1. The van der Waals surface area contributed by atoms with E-state index in [0.29, 0.717) is 17.7 Å². The minimum atomic E-state index is 0.299. The first kappa shape index (κ1) is 14.0. The van der Waals surface area contributed by atoms with Gasteiger partial charge in [-0.05, 0) is 25.2 Å². The first-order chi connectivity index (χ1) is 7.77. The van der Waals surface area contributed by atoms with Crippen molar-refractivity contribution in [1.82, 2.24) is 5.32 Å². The van der Waals surface area contributed by atoms with Crippen LogP contribution in [-0.4, -0.2) is 17.8 Å². The van der Waals surface area contributed by atoms with Crippen molar-refractivity contribution in [2.45, 2.75) is 51.9 Å². The maximum atomic E-state index is 11.9. The predicted octanol–water partition coefficient (Wildman–Crippen LogP) is 3.49. The molecule has 0 aliphatic heterocycles. The van der Waals surface area contributed by atoms with Gasteiger partial charge >= 0.3 is 0 Å². The van der Waals surface area contributed by atoms with Crippen LogP contribution in [0.15, 0.2) is 0 Å². The highest BCUT2D eigenvalue weighted by atomic mass is 79.9. The second-order valence-electron chi connectivity index (χ2n) is 4.83. The molecule has 0 bridgehead atoms. The molecule has 0 aromatic heterocycles. The molecule has 94 valence electrons. The third-order valence-electron chi connectivity index (χ3n) is 3.64. The molecule has 2 nitrogen and oxygen atoms in total. The van der Waals surface area contributed by atoms with E-state index in [2.05, 4.69) is 28.2 Å². The van der Waals surface area contributed by atoms with E-state index in [1.807, 2.05) is 0 Å². The van der Waals surface area contributed by atoms with Crippen LogP contribution in [-0.2, 0) is 4.79 Å². The Hall–Kier alpha value is -0.0500. The van der Waals surface area contributed by atoms with Gasteiger partial charge in [-0.25, -0.2) is 0 Å². The van der Waals surface area contributed by atoms with Crippen LogP contribution in [0, 0.1) is 11.8 Å². The van der Waals surface area contributed by atoms with Gasteiger partial charge in [0.05, 0.1) is 0 Å². The summed E-state index contributed by atoms with van der Waals surface area (Å²) in [5, 5.41) is 4.16. The van der Waals surface area contributed by atoms with E-state index in [1.165, 1.54) is 19.3 Å². The Balaban J connectivity index is 2.22. The van der Waals surface area contributed by atoms with Crippen molar-refractivity contribution in [3.05, 3.63) is 0 Å². The van der Waals surface area contributed by atoms with Crippen LogP contribution >= 0.6 is 15.9 Å². The third-order valence-corrected chi connectivity index (χ3v) is 4.09. The van der Waals surface area contributed by atoms with Gasteiger partial charge in [0.25, 0.3) is 0 Å². The van der Waals surface area contributed by atoms with E-state index in [9.17, 15) is 4.79 Å². The number of hydrogen-bond donors (Lipinski definition) is 1. The predicted molar refractivity (Wildman–Crippen MR) is 71.8 cm³/mol. The number of halogens is 1. The topological polar surface area (TPSA) is 29.1 Å². The number of nitrogens with one attached hydrogen (secondary N) is 1. The molecule has 1 atom stereocenters. The smallest absolute Gasteiger partial charge is 0.223 e. The average molecular weight is 290 g/mol. The van der Waals surface area contributed by atoms with Crippen molar-refractivity contribution in [2.24, 2.45) is 11.8 Å². The van der Waals surface area contributed by atoms with E-state index >= 15 is 0 Å². The fraction of sp³-hybridized carbons (Fsp3) is 0.923. The van der Waals surface area contributed by atoms with Crippen molar-refractivity contribution in [3.8, 4) is 0 Å². The van der Waals surface area contributed by atoms with Crippen molar-refractivity contribution >= 4 is 21.8 Å². The minimum Gasteiger partial charge on any atom is -0.356 e. The number of carbonyl (C=O) groups excluding carboxylic acids is 1. The Morgan fingerprint density at radius 2 is 2.06 bits per heavy atom. The summed E-state index contributed by atoms with van der Waals surface area (Å²) in [5.74, 6) is 1.23. The molecule has 1 saturated carbocycles. The molecule has 1 unspecified atom stereocenters. The maximum Gasteiger partial charge on any atom is 0.223 e. The Morgan fingerprint density at radius 3 is 2.62 bits per heavy atom. The Morgan fingerprint density at radius 1 is 1.38 bits per heavy atom. The Bertz CT molecular complexity index is 202. The third kappa shape index (κ3) is 4.86. The summed E-state index contributed by atoms with van der Waals surface area (Å²) < 4.78 is 0. The van der Waals surface area contributed by atoms with Crippen molar-refractivity contribution < 1.29 is 4.79 Å². The molecule has 1 rings (SSSR count).